The first-order chi connectivity index (χ1) is 7.99. The molecular weight excluding hydrogens is 230 g/mol. The van der Waals surface area contributed by atoms with Gasteiger partial charge in [0.25, 0.3) is 0 Å². The fourth-order valence-corrected chi connectivity index (χ4v) is 4.06. The number of hydrogen-bond donors (Lipinski definition) is 0. The van der Waals surface area contributed by atoms with Gasteiger partial charge in [-0.15, -0.1) is 0 Å². The topological polar surface area (TPSA) is 43.4 Å². The molecule has 4 bridgehead atoms. The molecular formula is C12H14F2O3. The molecule has 0 aromatic carbocycles. The lowest BCUT2D eigenvalue weighted by atomic mass is 9.53. The minimum absolute atomic E-state index is 0.0632. The molecule has 0 spiro atoms. The van der Waals surface area contributed by atoms with Gasteiger partial charge in [-0.3, -0.25) is 4.79 Å². The summed E-state index contributed by atoms with van der Waals surface area (Å²) in [6.45, 7) is 0. The van der Waals surface area contributed by atoms with Crippen molar-refractivity contribution in [2.45, 2.75) is 44.1 Å². The normalized spacial score (nSPS) is 43.2. The molecule has 0 aromatic rings. The van der Waals surface area contributed by atoms with Crippen molar-refractivity contribution in [3.8, 4) is 0 Å². The van der Waals surface area contributed by atoms with Crippen LogP contribution in [0.25, 0.3) is 0 Å². The molecule has 0 radical (unpaired) electrons. The molecule has 94 valence electrons. The summed E-state index contributed by atoms with van der Waals surface area (Å²) in [4.78, 5) is 22.9. The predicted molar refractivity (Wildman–Crippen MR) is 53.4 cm³/mol. The van der Waals surface area contributed by atoms with Crippen LogP contribution in [0.4, 0.5) is 8.78 Å². The summed E-state index contributed by atoms with van der Waals surface area (Å²) in [7, 11) is 0. The standard InChI is InChI=1S/C12H14F2O3/c13-10(14)11(16)17-12-3-6-1-7(4-12)9(15)8(2-6)5-12/h6-8,10H,1-5H2. The van der Waals surface area contributed by atoms with Gasteiger partial charge < -0.3 is 4.74 Å². The number of Topliss-reactive ketones (excluding diaryl/α,β-unsaturated/α-hetero) is 1. The highest BCUT2D eigenvalue weighted by Crippen LogP contribution is 2.55. The summed E-state index contributed by atoms with van der Waals surface area (Å²) >= 11 is 0. The Morgan fingerprint density at radius 2 is 1.82 bits per heavy atom. The van der Waals surface area contributed by atoms with Crippen molar-refractivity contribution in [3.63, 3.8) is 0 Å². The quantitative estimate of drug-likeness (QED) is 0.697. The lowest BCUT2D eigenvalue weighted by molar-refractivity contribution is -0.198. The second-order valence-corrected chi connectivity index (χ2v) is 5.65. The van der Waals surface area contributed by atoms with E-state index < -0.39 is 18.0 Å². The van der Waals surface area contributed by atoms with E-state index >= 15 is 0 Å². The van der Waals surface area contributed by atoms with Crippen LogP contribution in [-0.2, 0) is 14.3 Å². The average Bonchev–Trinajstić information content (AvgIpc) is 2.23. The second kappa shape index (κ2) is 3.50. The van der Waals surface area contributed by atoms with Crippen LogP contribution in [0.1, 0.15) is 32.1 Å². The lowest BCUT2D eigenvalue weighted by Crippen LogP contribution is -2.57. The van der Waals surface area contributed by atoms with E-state index in [9.17, 15) is 18.4 Å². The monoisotopic (exact) mass is 244 g/mol. The first-order valence-electron chi connectivity index (χ1n) is 6.04. The van der Waals surface area contributed by atoms with Gasteiger partial charge in [0.2, 0.25) is 0 Å². The summed E-state index contributed by atoms with van der Waals surface area (Å²) in [5.41, 5.74) is -0.766. The Morgan fingerprint density at radius 1 is 1.24 bits per heavy atom. The molecule has 2 atom stereocenters. The Labute approximate surface area is 97.5 Å². The van der Waals surface area contributed by atoms with Gasteiger partial charge in [-0.1, -0.05) is 0 Å². The van der Waals surface area contributed by atoms with Gasteiger partial charge >= 0.3 is 12.4 Å². The molecule has 0 aromatic heterocycles. The van der Waals surface area contributed by atoms with Crippen LogP contribution >= 0.6 is 0 Å². The molecule has 4 saturated carbocycles. The zero-order chi connectivity index (χ0) is 12.2. The summed E-state index contributed by atoms with van der Waals surface area (Å²) in [5, 5.41) is 0. The van der Waals surface area contributed by atoms with Crippen molar-refractivity contribution in [2.24, 2.45) is 17.8 Å². The zero-order valence-electron chi connectivity index (χ0n) is 9.33. The smallest absolute Gasteiger partial charge is 0.374 e. The number of carbonyl (C=O) groups is 2. The van der Waals surface area contributed by atoms with Crippen LogP contribution in [0.5, 0.6) is 0 Å². The Morgan fingerprint density at radius 3 is 2.35 bits per heavy atom. The number of rotatable bonds is 2. The second-order valence-electron chi connectivity index (χ2n) is 5.65. The summed E-state index contributed by atoms with van der Waals surface area (Å²) in [6.07, 6.45) is 0.200. The number of alkyl halides is 2. The first-order valence-corrected chi connectivity index (χ1v) is 6.04. The van der Waals surface area contributed by atoms with E-state index in [0.29, 0.717) is 25.2 Å². The van der Waals surface area contributed by atoms with Crippen molar-refractivity contribution >= 4 is 11.8 Å². The van der Waals surface area contributed by atoms with Crippen LogP contribution in [0, 0.1) is 17.8 Å². The Kier molecular flexibility index (Phi) is 2.28. The molecule has 17 heavy (non-hydrogen) atoms. The molecule has 0 aliphatic heterocycles. The van der Waals surface area contributed by atoms with E-state index in [1.54, 1.807) is 0 Å². The van der Waals surface area contributed by atoms with Crippen molar-refractivity contribution < 1.29 is 23.1 Å². The molecule has 0 N–H and O–H groups in total. The Bertz CT molecular complexity index is 362. The van der Waals surface area contributed by atoms with E-state index in [4.69, 9.17) is 4.74 Å². The van der Waals surface area contributed by atoms with Gasteiger partial charge in [0.1, 0.15) is 11.4 Å². The van der Waals surface area contributed by atoms with Crippen LogP contribution in [0.3, 0.4) is 0 Å². The number of ketones is 1. The molecule has 3 nitrogen and oxygen atoms in total. The van der Waals surface area contributed by atoms with E-state index in [1.165, 1.54) is 0 Å². The number of ether oxygens (including phenoxy) is 1. The largest absolute Gasteiger partial charge is 0.455 e. The highest BCUT2D eigenvalue weighted by Gasteiger charge is 2.57. The van der Waals surface area contributed by atoms with Crippen LogP contribution in [0.15, 0.2) is 0 Å². The highest BCUT2D eigenvalue weighted by atomic mass is 19.3. The highest BCUT2D eigenvalue weighted by molar-refractivity contribution is 5.86. The maximum absolute atomic E-state index is 12.2. The van der Waals surface area contributed by atoms with E-state index in [1.807, 2.05) is 0 Å². The van der Waals surface area contributed by atoms with Crippen LogP contribution < -0.4 is 0 Å². The zero-order valence-corrected chi connectivity index (χ0v) is 9.33. The first kappa shape index (κ1) is 11.1. The van der Waals surface area contributed by atoms with E-state index in [-0.39, 0.29) is 17.6 Å². The van der Waals surface area contributed by atoms with Gasteiger partial charge in [-0.2, -0.15) is 8.78 Å². The van der Waals surface area contributed by atoms with Gasteiger partial charge in [-0.05, 0) is 38.0 Å². The molecule has 0 amide bonds. The fourth-order valence-electron chi connectivity index (χ4n) is 4.06. The maximum atomic E-state index is 12.2. The third-order valence-electron chi connectivity index (χ3n) is 4.43. The molecule has 0 saturated heterocycles. The molecule has 4 fully saturated rings. The molecule has 4 aliphatic carbocycles. The average molecular weight is 244 g/mol. The van der Waals surface area contributed by atoms with Crippen molar-refractivity contribution in [1.29, 1.82) is 0 Å². The number of esters is 1. The summed E-state index contributed by atoms with van der Waals surface area (Å²) in [6, 6.07) is 0. The van der Waals surface area contributed by atoms with Gasteiger partial charge in [0.15, 0.2) is 0 Å². The van der Waals surface area contributed by atoms with E-state index in [2.05, 4.69) is 0 Å². The van der Waals surface area contributed by atoms with Crippen LogP contribution in [-0.4, -0.2) is 23.8 Å². The lowest BCUT2D eigenvalue weighted by Gasteiger charge is -2.54. The van der Waals surface area contributed by atoms with Gasteiger partial charge in [0.05, 0.1) is 0 Å². The van der Waals surface area contributed by atoms with Crippen molar-refractivity contribution in [2.75, 3.05) is 0 Å². The summed E-state index contributed by atoms with van der Waals surface area (Å²) < 4.78 is 29.5. The SMILES string of the molecule is O=C(OC12CC3CC(C1)C(=O)C(C3)C2)C(F)F. The minimum atomic E-state index is -3.07. The summed E-state index contributed by atoms with van der Waals surface area (Å²) in [5.74, 6) is -0.932. The molecule has 0 heterocycles. The van der Waals surface area contributed by atoms with Crippen molar-refractivity contribution in [3.05, 3.63) is 0 Å². The predicted octanol–water partition coefficient (Wildman–Crippen LogP) is 1.94. The van der Waals surface area contributed by atoms with Crippen LogP contribution in [0.2, 0.25) is 0 Å². The number of hydrogen-bond acceptors (Lipinski definition) is 3. The molecule has 5 heteroatoms. The molecule has 4 rings (SSSR count). The van der Waals surface area contributed by atoms with E-state index in [0.717, 1.165) is 12.8 Å². The van der Waals surface area contributed by atoms with Gasteiger partial charge in [0, 0.05) is 11.8 Å². The third kappa shape index (κ3) is 1.67. The van der Waals surface area contributed by atoms with Gasteiger partial charge in [-0.25, -0.2) is 4.79 Å². The maximum Gasteiger partial charge on any atom is 0.374 e. The Hall–Kier alpha value is -1.00. The third-order valence-corrected chi connectivity index (χ3v) is 4.43. The number of carbonyl (C=O) groups excluding carboxylic acids is 2. The fraction of sp³-hybridized carbons (Fsp3) is 0.833. The molecule has 2 unspecified atom stereocenters. The van der Waals surface area contributed by atoms with Crippen molar-refractivity contribution in [1.82, 2.24) is 0 Å². The number of halogens is 2. The Balaban J connectivity index is 1.80. The molecule has 4 aliphatic rings. The minimum Gasteiger partial charge on any atom is -0.455 e.